The minimum atomic E-state index is 0.911. The van der Waals surface area contributed by atoms with Crippen molar-refractivity contribution < 1.29 is 4.42 Å². The Morgan fingerprint density at radius 1 is 0.404 bits per heavy atom. The normalized spacial score (nSPS) is 11.8. The van der Waals surface area contributed by atoms with E-state index in [2.05, 4.69) is 162 Å². The van der Waals surface area contributed by atoms with Crippen LogP contribution in [0.25, 0.3) is 92.2 Å². The molecule has 0 atom stereocenters. The molecule has 0 saturated heterocycles. The molecule has 0 spiro atoms. The monoisotopic (exact) mass is 617 g/mol. The highest BCUT2D eigenvalue weighted by Crippen LogP contribution is 2.43. The summed E-state index contributed by atoms with van der Waals surface area (Å²) in [5, 5.41) is 4.88. The molecule has 0 saturated carbocycles. The lowest BCUT2D eigenvalue weighted by atomic mass is 9.99. The lowest BCUT2D eigenvalue weighted by Crippen LogP contribution is -1.92. The summed E-state index contributed by atoms with van der Waals surface area (Å²) in [5.41, 5.74) is 12.7. The summed E-state index contributed by atoms with van der Waals surface area (Å²) in [4.78, 5) is 0. The van der Waals surface area contributed by atoms with Crippen molar-refractivity contribution in [2.24, 2.45) is 0 Å². The Balaban J connectivity index is 1.01. The quantitative estimate of drug-likeness (QED) is 0.192. The Hall–Kier alpha value is -5.90. The molecule has 3 aromatic heterocycles. The van der Waals surface area contributed by atoms with Gasteiger partial charge in [-0.15, -0.1) is 11.3 Å². The molecule has 7 aromatic carbocycles. The van der Waals surface area contributed by atoms with Crippen LogP contribution in [0.5, 0.6) is 0 Å². The number of nitrogens with zero attached hydrogens (tertiary/aromatic N) is 1. The van der Waals surface area contributed by atoms with Gasteiger partial charge in [0, 0.05) is 31.9 Å². The molecular formula is C44H27NOS. The third kappa shape index (κ3) is 4.17. The zero-order valence-corrected chi connectivity index (χ0v) is 26.2. The number of hydrogen-bond acceptors (Lipinski definition) is 2. The standard InChI is InChI=1S/C44H27NOS/c1-3-9-28(10-4-1)31-19-22-35-36-23-20-32(26-41(36)46-40(35)25-31)29-15-17-30(18-16-29)33-21-24-38-42(27-33)47-44-37-13-7-8-14-39(37)45(43(38)44)34-11-5-2-6-12-34/h1-27H. The van der Waals surface area contributed by atoms with Gasteiger partial charge in [-0.25, -0.2) is 0 Å². The predicted molar refractivity (Wildman–Crippen MR) is 200 cm³/mol. The van der Waals surface area contributed by atoms with Crippen LogP contribution in [0, 0.1) is 0 Å². The van der Waals surface area contributed by atoms with Gasteiger partial charge in [-0.3, -0.25) is 0 Å². The van der Waals surface area contributed by atoms with Gasteiger partial charge < -0.3 is 8.98 Å². The van der Waals surface area contributed by atoms with Gasteiger partial charge in [0.25, 0.3) is 0 Å². The fourth-order valence-corrected chi connectivity index (χ4v) is 8.38. The number of furan rings is 1. The summed E-state index contributed by atoms with van der Waals surface area (Å²) in [7, 11) is 0. The van der Waals surface area contributed by atoms with Crippen LogP contribution in [-0.2, 0) is 0 Å². The first kappa shape index (κ1) is 26.3. The van der Waals surface area contributed by atoms with Crippen LogP contribution >= 0.6 is 11.3 Å². The maximum atomic E-state index is 6.39. The molecule has 2 nitrogen and oxygen atoms in total. The van der Waals surface area contributed by atoms with Crippen molar-refractivity contribution in [3.63, 3.8) is 0 Å². The number of fused-ring (bicyclic) bond motifs is 8. The van der Waals surface area contributed by atoms with Crippen molar-refractivity contribution in [2.45, 2.75) is 0 Å². The summed E-state index contributed by atoms with van der Waals surface area (Å²) in [6.07, 6.45) is 0. The highest BCUT2D eigenvalue weighted by molar-refractivity contribution is 7.26. The Morgan fingerprint density at radius 2 is 0.915 bits per heavy atom. The van der Waals surface area contributed by atoms with Gasteiger partial charge in [-0.1, -0.05) is 115 Å². The van der Waals surface area contributed by atoms with Crippen LogP contribution in [0.15, 0.2) is 168 Å². The maximum Gasteiger partial charge on any atom is 0.136 e. The van der Waals surface area contributed by atoms with Crippen molar-refractivity contribution >= 4 is 64.5 Å². The average molecular weight is 618 g/mol. The molecule has 0 fully saturated rings. The van der Waals surface area contributed by atoms with E-state index < -0.39 is 0 Å². The van der Waals surface area contributed by atoms with Gasteiger partial charge in [0.2, 0.25) is 0 Å². The van der Waals surface area contributed by atoms with E-state index in [1.54, 1.807) is 0 Å². The molecule has 10 rings (SSSR count). The number of para-hydroxylation sites is 2. The molecule has 47 heavy (non-hydrogen) atoms. The molecule has 0 aliphatic carbocycles. The SMILES string of the molecule is c1ccc(-c2ccc3c(c2)oc2cc(-c4ccc(-c5ccc6c(c5)sc5c7ccccc7n(-c7ccccc7)c65)cc4)ccc23)cc1. The van der Waals surface area contributed by atoms with Crippen molar-refractivity contribution in [3.8, 4) is 39.1 Å². The molecule has 0 amide bonds. The van der Waals surface area contributed by atoms with E-state index in [9.17, 15) is 0 Å². The van der Waals surface area contributed by atoms with E-state index in [1.165, 1.54) is 59.1 Å². The van der Waals surface area contributed by atoms with Crippen molar-refractivity contribution in [1.29, 1.82) is 0 Å². The van der Waals surface area contributed by atoms with Gasteiger partial charge >= 0.3 is 0 Å². The third-order valence-corrected chi connectivity index (χ3v) is 10.6. The molecule has 220 valence electrons. The summed E-state index contributed by atoms with van der Waals surface area (Å²) in [6.45, 7) is 0. The smallest absolute Gasteiger partial charge is 0.136 e. The molecule has 3 heterocycles. The van der Waals surface area contributed by atoms with E-state index in [0.717, 1.165) is 33.1 Å². The first-order chi connectivity index (χ1) is 23.3. The second-order valence-corrected chi connectivity index (χ2v) is 13.2. The van der Waals surface area contributed by atoms with Crippen LogP contribution in [0.3, 0.4) is 0 Å². The van der Waals surface area contributed by atoms with Gasteiger partial charge in [0.15, 0.2) is 0 Å². The summed E-state index contributed by atoms with van der Waals surface area (Å²) in [5.74, 6) is 0. The predicted octanol–water partition coefficient (Wildman–Crippen LogP) is 12.9. The number of rotatable bonds is 4. The van der Waals surface area contributed by atoms with E-state index in [4.69, 9.17) is 4.42 Å². The summed E-state index contributed by atoms with van der Waals surface area (Å²) in [6, 6.07) is 58.8. The molecule has 3 heteroatoms. The van der Waals surface area contributed by atoms with Gasteiger partial charge in [0.1, 0.15) is 11.2 Å². The maximum absolute atomic E-state index is 6.39. The lowest BCUT2D eigenvalue weighted by Gasteiger charge is -2.08. The van der Waals surface area contributed by atoms with E-state index in [0.29, 0.717) is 0 Å². The van der Waals surface area contributed by atoms with Crippen molar-refractivity contribution in [1.82, 2.24) is 4.57 Å². The van der Waals surface area contributed by atoms with E-state index in [-0.39, 0.29) is 0 Å². The molecule has 0 bridgehead atoms. The highest BCUT2D eigenvalue weighted by Gasteiger charge is 2.18. The Labute approximate surface area is 275 Å². The molecule has 10 aromatic rings. The second kappa shape index (κ2) is 10.3. The molecular weight excluding hydrogens is 591 g/mol. The lowest BCUT2D eigenvalue weighted by molar-refractivity contribution is 0.669. The minimum Gasteiger partial charge on any atom is -0.456 e. The van der Waals surface area contributed by atoms with Gasteiger partial charge in [-0.05, 0) is 81.9 Å². The molecule has 0 unspecified atom stereocenters. The Bertz CT molecular complexity index is 2770. The first-order valence-electron chi connectivity index (χ1n) is 15.9. The van der Waals surface area contributed by atoms with Gasteiger partial charge in [0.05, 0.1) is 15.7 Å². The van der Waals surface area contributed by atoms with Gasteiger partial charge in [-0.2, -0.15) is 0 Å². The largest absolute Gasteiger partial charge is 0.456 e. The first-order valence-corrected chi connectivity index (χ1v) is 16.7. The number of benzene rings is 7. The van der Waals surface area contributed by atoms with Crippen LogP contribution in [0.2, 0.25) is 0 Å². The third-order valence-electron chi connectivity index (χ3n) is 9.42. The highest BCUT2D eigenvalue weighted by atomic mass is 32.1. The topological polar surface area (TPSA) is 18.1 Å². The number of aromatic nitrogens is 1. The van der Waals surface area contributed by atoms with Crippen LogP contribution in [0.1, 0.15) is 0 Å². The Kier molecular flexibility index (Phi) is 5.78. The van der Waals surface area contributed by atoms with E-state index >= 15 is 0 Å². The fraction of sp³-hybridized carbons (Fsp3) is 0. The van der Waals surface area contributed by atoms with Crippen LogP contribution in [0.4, 0.5) is 0 Å². The molecule has 0 aliphatic heterocycles. The summed E-state index contributed by atoms with van der Waals surface area (Å²) >= 11 is 1.89. The Morgan fingerprint density at radius 3 is 1.57 bits per heavy atom. The zero-order chi connectivity index (χ0) is 30.9. The number of thiophene rings is 1. The summed E-state index contributed by atoms with van der Waals surface area (Å²) < 4.78 is 11.4. The zero-order valence-electron chi connectivity index (χ0n) is 25.4. The second-order valence-electron chi connectivity index (χ2n) is 12.1. The average Bonchev–Trinajstić information content (AvgIpc) is 3.80. The van der Waals surface area contributed by atoms with E-state index in [1.807, 2.05) is 17.4 Å². The molecule has 0 radical (unpaired) electrons. The van der Waals surface area contributed by atoms with Crippen molar-refractivity contribution in [3.05, 3.63) is 164 Å². The van der Waals surface area contributed by atoms with Crippen molar-refractivity contribution in [2.75, 3.05) is 0 Å². The fourth-order valence-electron chi connectivity index (χ4n) is 7.12. The minimum absolute atomic E-state index is 0.911. The van der Waals surface area contributed by atoms with Crippen LogP contribution < -0.4 is 0 Å². The molecule has 0 N–H and O–H groups in total. The van der Waals surface area contributed by atoms with Crippen LogP contribution in [-0.4, -0.2) is 4.57 Å². The molecule has 0 aliphatic rings. The number of hydrogen-bond donors (Lipinski definition) is 0.